The number of hydrogen-bond acceptors (Lipinski definition) is 3. The first-order chi connectivity index (χ1) is 9.04. The molecule has 1 N–H and O–H groups in total. The zero-order valence-electron chi connectivity index (χ0n) is 11.1. The van der Waals surface area contributed by atoms with Gasteiger partial charge in [-0.1, -0.05) is 6.08 Å². The number of H-pyrrole nitrogens is 1. The molecule has 0 unspecified atom stereocenters. The molecule has 0 spiro atoms. The third-order valence-corrected chi connectivity index (χ3v) is 2.91. The van der Waals surface area contributed by atoms with Gasteiger partial charge in [-0.25, -0.2) is 5.10 Å². The van der Waals surface area contributed by atoms with Crippen molar-refractivity contribution in [1.82, 2.24) is 14.8 Å². The Balaban J connectivity index is 2.70. The van der Waals surface area contributed by atoms with Gasteiger partial charge in [0.2, 0.25) is 0 Å². The molecule has 0 bridgehead atoms. The van der Waals surface area contributed by atoms with Crippen molar-refractivity contribution in [1.29, 1.82) is 0 Å². The van der Waals surface area contributed by atoms with Crippen molar-refractivity contribution >= 4 is 11.9 Å². The number of aromatic amines is 1. The Kier molecular flexibility index (Phi) is 3.46. The van der Waals surface area contributed by atoms with E-state index in [9.17, 15) is 9.59 Å². The van der Waals surface area contributed by atoms with Gasteiger partial charge in [-0.2, -0.15) is 5.10 Å². The summed E-state index contributed by atoms with van der Waals surface area (Å²) in [5, 5.41) is 6.38. The number of rotatable bonds is 3. The lowest BCUT2D eigenvalue weighted by Crippen LogP contribution is -2.08. The molecule has 0 saturated heterocycles. The van der Waals surface area contributed by atoms with Gasteiger partial charge in [-0.05, 0) is 32.1 Å². The number of Topliss-reactive ketones (excluding diaryl/α,β-unsaturated/α-hetero) is 1. The highest BCUT2D eigenvalue weighted by atomic mass is 16.1. The molecule has 0 aliphatic carbocycles. The molecule has 5 heteroatoms. The molecular formula is C14H15N3O2. The van der Waals surface area contributed by atoms with Crippen molar-refractivity contribution < 1.29 is 4.79 Å². The van der Waals surface area contributed by atoms with E-state index in [2.05, 4.69) is 10.2 Å². The predicted octanol–water partition coefficient (Wildman–Crippen LogP) is 2.01. The van der Waals surface area contributed by atoms with Crippen LogP contribution in [0, 0.1) is 0 Å². The maximum absolute atomic E-state index is 11.7. The smallest absolute Gasteiger partial charge is 0.264 e. The van der Waals surface area contributed by atoms with Crippen LogP contribution in [0.1, 0.15) is 29.9 Å². The van der Waals surface area contributed by atoms with Gasteiger partial charge in [0.1, 0.15) is 5.69 Å². The quantitative estimate of drug-likeness (QED) is 0.855. The second-order valence-electron chi connectivity index (χ2n) is 4.25. The number of hydrogen-bond donors (Lipinski definition) is 1. The van der Waals surface area contributed by atoms with E-state index in [-0.39, 0.29) is 11.3 Å². The fourth-order valence-corrected chi connectivity index (χ4v) is 2.01. The van der Waals surface area contributed by atoms with Crippen LogP contribution in [0.25, 0.3) is 17.5 Å². The summed E-state index contributed by atoms with van der Waals surface area (Å²) >= 11 is 0. The summed E-state index contributed by atoms with van der Waals surface area (Å²) in [6, 6.07) is 4.83. The normalized spacial score (nSPS) is 11.1. The van der Waals surface area contributed by atoms with Crippen LogP contribution in [0.2, 0.25) is 0 Å². The average molecular weight is 257 g/mol. The summed E-state index contributed by atoms with van der Waals surface area (Å²) in [4.78, 5) is 22.8. The summed E-state index contributed by atoms with van der Waals surface area (Å²) in [5.74, 6) is -0.0330. The first-order valence-electron chi connectivity index (χ1n) is 5.94. The highest BCUT2D eigenvalue weighted by molar-refractivity contribution is 6.00. The molecule has 19 heavy (non-hydrogen) atoms. The number of nitrogens with zero attached hydrogens (tertiary/aromatic N) is 2. The molecule has 0 saturated carbocycles. The Morgan fingerprint density at radius 3 is 2.68 bits per heavy atom. The van der Waals surface area contributed by atoms with Crippen LogP contribution >= 0.6 is 0 Å². The Morgan fingerprint density at radius 1 is 1.42 bits per heavy atom. The van der Waals surface area contributed by atoms with Gasteiger partial charge in [0.05, 0.1) is 5.69 Å². The minimum atomic E-state index is -0.268. The van der Waals surface area contributed by atoms with Crippen LogP contribution in [-0.4, -0.2) is 20.5 Å². The molecule has 5 nitrogen and oxygen atoms in total. The van der Waals surface area contributed by atoms with E-state index in [4.69, 9.17) is 0 Å². The molecule has 0 amide bonds. The van der Waals surface area contributed by atoms with Crippen LogP contribution < -0.4 is 5.56 Å². The van der Waals surface area contributed by atoms with Gasteiger partial charge in [-0.15, -0.1) is 0 Å². The Labute approximate surface area is 110 Å². The van der Waals surface area contributed by atoms with E-state index in [0.29, 0.717) is 17.0 Å². The fraction of sp³-hybridized carbons (Fsp3) is 0.214. The SMILES string of the molecule is C/C=C\c1cc(C(C)=O)c(-c2ccc(=O)[nH]n2)n1C. The van der Waals surface area contributed by atoms with Crippen LogP contribution in [0.15, 0.2) is 29.1 Å². The van der Waals surface area contributed by atoms with Gasteiger partial charge >= 0.3 is 0 Å². The highest BCUT2D eigenvalue weighted by Crippen LogP contribution is 2.25. The van der Waals surface area contributed by atoms with Crippen LogP contribution in [0.3, 0.4) is 0 Å². The molecule has 98 valence electrons. The molecule has 0 atom stereocenters. The molecule has 0 radical (unpaired) electrons. The molecule has 0 aliphatic heterocycles. The summed E-state index contributed by atoms with van der Waals surface area (Å²) < 4.78 is 1.89. The van der Waals surface area contributed by atoms with Gasteiger partial charge < -0.3 is 4.57 Å². The predicted molar refractivity (Wildman–Crippen MR) is 74.0 cm³/mol. The van der Waals surface area contributed by atoms with Crippen molar-refractivity contribution in [2.75, 3.05) is 0 Å². The number of nitrogens with one attached hydrogen (secondary N) is 1. The number of carbonyl (C=O) groups excluding carboxylic acids is 1. The van der Waals surface area contributed by atoms with Crippen molar-refractivity contribution in [3.05, 3.63) is 45.9 Å². The monoisotopic (exact) mass is 257 g/mol. The average Bonchev–Trinajstić information content (AvgIpc) is 2.69. The third kappa shape index (κ3) is 2.40. The molecule has 0 aliphatic rings. The molecule has 2 rings (SSSR count). The van der Waals surface area contributed by atoms with E-state index in [0.717, 1.165) is 5.69 Å². The second-order valence-corrected chi connectivity index (χ2v) is 4.25. The molecule has 2 heterocycles. The van der Waals surface area contributed by atoms with Gasteiger partial charge in [0, 0.05) is 24.4 Å². The van der Waals surface area contributed by atoms with Gasteiger partial charge in [-0.3, -0.25) is 9.59 Å². The third-order valence-electron chi connectivity index (χ3n) is 2.91. The number of carbonyl (C=O) groups is 1. The summed E-state index contributed by atoms with van der Waals surface area (Å²) in [5.41, 5.74) is 2.52. The largest absolute Gasteiger partial charge is 0.342 e. The first-order valence-corrected chi connectivity index (χ1v) is 5.94. The highest BCUT2D eigenvalue weighted by Gasteiger charge is 2.17. The van der Waals surface area contributed by atoms with E-state index >= 15 is 0 Å². The second kappa shape index (κ2) is 5.06. The zero-order valence-corrected chi connectivity index (χ0v) is 11.1. The van der Waals surface area contributed by atoms with Crippen LogP contribution in [0.4, 0.5) is 0 Å². The molecule has 0 fully saturated rings. The fourth-order valence-electron chi connectivity index (χ4n) is 2.01. The van der Waals surface area contributed by atoms with Crippen molar-refractivity contribution in [3.63, 3.8) is 0 Å². The zero-order chi connectivity index (χ0) is 14.0. The molecular weight excluding hydrogens is 242 g/mol. The topological polar surface area (TPSA) is 67.8 Å². The van der Waals surface area contributed by atoms with E-state index in [1.807, 2.05) is 36.8 Å². The molecule has 2 aromatic heterocycles. The Morgan fingerprint density at radius 2 is 2.16 bits per heavy atom. The minimum Gasteiger partial charge on any atom is -0.342 e. The van der Waals surface area contributed by atoms with Gasteiger partial charge in [0.25, 0.3) is 5.56 Å². The lowest BCUT2D eigenvalue weighted by Gasteiger charge is -2.05. The van der Waals surface area contributed by atoms with Crippen LogP contribution in [-0.2, 0) is 7.05 Å². The van der Waals surface area contributed by atoms with E-state index in [1.54, 1.807) is 6.07 Å². The summed E-state index contributed by atoms with van der Waals surface area (Å²) in [6.07, 6.45) is 3.82. The molecule has 0 aromatic carbocycles. The lowest BCUT2D eigenvalue weighted by atomic mass is 10.1. The lowest BCUT2D eigenvalue weighted by molar-refractivity contribution is 0.101. The molecule has 2 aromatic rings. The maximum Gasteiger partial charge on any atom is 0.264 e. The summed E-state index contributed by atoms with van der Waals surface area (Å²) in [7, 11) is 1.86. The van der Waals surface area contributed by atoms with Crippen LogP contribution in [0.5, 0.6) is 0 Å². The first kappa shape index (κ1) is 13.0. The van der Waals surface area contributed by atoms with Crippen molar-refractivity contribution in [2.45, 2.75) is 13.8 Å². The van der Waals surface area contributed by atoms with Crippen molar-refractivity contribution in [2.24, 2.45) is 7.05 Å². The maximum atomic E-state index is 11.7. The Bertz CT molecular complexity index is 687. The van der Waals surface area contributed by atoms with E-state index in [1.165, 1.54) is 13.0 Å². The van der Waals surface area contributed by atoms with Crippen molar-refractivity contribution in [3.8, 4) is 11.4 Å². The standard InChI is InChI=1S/C14H15N3O2/c1-4-5-10-8-11(9(2)18)14(17(10)3)12-6-7-13(19)16-15-12/h4-8H,1-3H3,(H,16,19)/b5-4-. The minimum absolute atomic E-state index is 0.0330. The van der Waals surface area contributed by atoms with Gasteiger partial charge in [0.15, 0.2) is 5.78 Å². The Hall–Kier alpha value is -2.43. The number of aromatic nitrogens is 3. The van der Waals surface area contributed by atoms with E-state index < -0.39 is 0 Å². The number of allylic oxidation sites excluding steroid dienone is 1. The number of ketones is 1. The summed E-state index contributed by atoms with van der Waals surface area (Å²) in [6.45, 7) is 3.43.